The molecule has 0 aliphatic carbocycles. The maximum atomic E-state index is 11.6. The van der Waals surface area contributed by atoms with E-state index in [-0.39, 0.29) is 12.3 Å². The molecule has 0 radical (unpaired) electrons. The zero-order chi connectivity index (χ0) is 15.2. The van der Waals surface area contributed by atoms with E-state index in [2.05, 4.69) is 4.98 Å². The minimum Gasteiger partial charge on any atom is -0.493 e. The van der Waals surface area contributed by atoms with Gasteiger partial charge in [0.05, 0.1) is 14.2 Å². The summed E-state index contributed by atoms with van der Waals surface area (Å²) in [6.07, 6.45) is 0. The molecule has 1 aromatic carbocycles. The summed E-state index contributed by atoms with van der Waals surface area (Å²) in [6, 6.07) is 7.11. The summed E-state index contributed by atoms with van der Waals surface area (Å²) in [7, 11) is 3.11. The maximum Gasteiger partial charge on any atom is 0.358 e. The van der Waals surface area contributed by atoms with Crippen molar-refractivity contribution in [2.45, 2.75) is 0 Å². The van der Waals surface area contributed by atoms with Crippen molar-refractivity contribution in [2.24, 2.45) is 0 Å². The first-order valence-corrected chi connectivity index (χ1v) is 6.79. The Balaban J connectivity index is 2.25. The Hall–Kier alpha value is -2.59. The first-order valence-electron chi connectivity index (χ1n) is 5.91. The summed E-state index contributed by atoms with van der Waals surface area (Å²) in [5.74, 6) is 0.588. The number of thiazole rings is 1. The summed E-state index contributed by atoms with van der Waals surface area (Å²) < 4.78 is 15.1. The molecular weight excluding hydrogens is 292 g/mol. The number of nitriles is 1. The fraction of sp³-hybridized carbons (Fsp3) is 0.214. The zero-order valence-electron chi connectivity index (χ0n) is 11.5. The molecule has 1 heterocycles. The van der Waals surface area contributed by atoms with E-state index in [9.17, 15) is 4.79 Å². The predicted molar refractivity (Wildman–Crippen MR) is 76.5 cm³/mol. The molecule has 0 saturated heterocycles. The minimum absolute atomic E-state index is 0.181. The first-order chi connectivity index (χ1) is 10.2. The number of rotatable bonds is 5. The fourth-order valence-electron chi connectivity index (χ4n) is 1.64. The molecule has 0 bridgehead atoms. The molecule has 21 heavy (non-hydrogen) atoms. The van der Waals surface area contributed by atoms with Crippen molar-refractivity contribution in [3.05, 3.63) is 29.3 Å². The van der Waals surface area contributed by atoms with Crippen LogP contribution in [0.5, 0.6) is 11.5 Å². The Morgan fingerprint density at radius 1 is 1.33 bits per heavy atom. The second-order valence-electron chi connectivity index (χ2n) is 3.84. The van der Waals surface area contributed by atoms with Gasteiger partial charge in [0, 0.05) is 10.9 Å². The van der Waals surface area contributed by atoms with Crippen LogP contribution in [0.2, 0.25) is 0 Å². The number of benzene rings is 1. The van der Waals surface area contributed by atoms with Gasteiger partial charge >= 0.3 is 5.97 Å². The fourth-order valence-corrected chi connectivity index (χ4v) is 2.43. The van der Waals surface area contributed by atoms with E-state index in [1.54, 1.807) is 37.8 Å². The SMILES string of the molecule is COc1ccc(-c2nc(C(=O)OCC#N)cs2)cc1OC. The molecule has 0 aliphatic heterocycles. The number of hydrogen-bond acceptors (Lipinski definition) is 7. The van der Waals surface area contributed by atoms with Crippen molar-refractivity contribution in [1.82, 2.24) is 4.98 Å². The molecule has 2 aromatic rings. The highest BCUT2D eigenvalue weighted by Crippen LogP contribution is 2.33. The smallest absolute Gasteiger partial charge is 0.358 e. The van der Waals surface area contributed by atoms with Gasteiger partial charge in [-0.15, -0.1) is 11.3 Å². The van der Waals surface area contributed by atoms with Crippen LogP contribution in [0.25, 0.3) is 10.6 Å². The monoisotopic (exact) mass is 304 g/mol. The van der Waals surface area contributed by atoms with Crippen molar-refractivity contribution < 1.29 is 19.0 Å². The summed E-state index contributed by atoms with van der Waals surface area (Å²) in [6.45, 7) is -0.290. The van der Waals surface area contributed by atoms with E-state index in [1.807, 2.05) is 6.07 Å². The molecule has 0 saturated carbocycles. The standard InChI is InChI=1S/C14H12N2O4S/c1-18-11-4-3-9(7-12(11)19-2)13-16-10(8-21-13)14(17)20-6-5-15/h3-4,7-8H,6H2,1-2H3. The molecule has 0 spiro atoms. The average molecular weight is 304 g/mol. The van der Waals surface area contributed by atoms with Crippen LogP contribution in [0.15, 0.2) is 23.6 Å². The van der Waals surface area contributed by atoms with Gasteiger partial charge in [-0.25, -0.2) is 9.78 Å². The Kier molecular flexibility index (Phi) is 4.74. The highest BCUT2D eigenvalue weighted by Gasteiger charge is 2.14. The third-order valence-electron chi connectivity index (χ3n) is 2.61. The normalized spacial score (nSPS) is 9.76. The highest BCUT2D eigenvalue weighted by atomic mass is 32.1. The predicted octanol–water partition coefficient (Wildman–Crippen LogP) is 2.51. The Morgan fingerprint density at radius 3 is 2.76 bits per heavy atom. The lowest BCUT2D eigenvalue weighted by atomic mass is 10.2. The number of carbonyl (C=O) groups excluding carboxylic acids is 1. The zero-order valence-corrected chi connectivity index (χ0v) is 12.3. The molecule has 0 fully saturated rings. The Morgan fingerprint density at radius 2 is 2.10 bits per heavy atom. The van der Waals surface area contributed by atoms with E-state index in [4.69, 9.17) is 19.5 Å². The van der Waals surface area contributed by atoms with Crippen LogP contribution < -0.4 is 9.47 Å². The third kappa shape index (κ3) is 3.30. The third-order valence-corrected chi connectivity index (χ3v) is 3.50. The van der Waals surface area contributed by atoms with Gasteiger partial charge in [0.15, 0.2) is 23.8 Å². The summed E-state index contributed by atoms with van der Waals surface area (Å²) in [5.41, 5.74) is 0.983. The van der Waals surface area contributed by atoms with E-state index >= 15 is 0 Å². The quantitative estimate of drug-likeness (QED) is 0.789. The molecule has 2 rings (SSSR count). The number of hydrogen-bond donors (Lipinski definition) is 0. The second kappa shape index (κ2) is 6.72. The van der Waals surface area contributed by atoms with Crippen LogP contribution in [0.1, 0.15) is 10.5 Å². The van der Waals surface area contributed by atoms with Gasteiger partial charge in [-0.05, 0) is 18.2 Å². The lowest BCUT2D eigenvalue weighted by Crippen LogP contribution is -2.05. The topological polar surface area (TPSA) is 81.4 Å². The Labute approximate surface area is 125 Å². The van der Waals surface area contributed by atoms with Gasteiger partial charge in [0.2, 0.25) is 0 Å². The van der Waals surface area contributed by atoms with E-state index in [0.29, 0.717) is 16.5 Å². The lowest BCUT2D eigenvalue weighted by Gasteiger charge is -2.08. The summed E-state index contributed by atoms with van der Waals surface area (Å²) >= 11 is 1.31. The number of methoxy groups -OCH3 is 2. The number of ether oxygens (including phenoxy) is 3. The minimum atomic E-state index is -0.612. The van der Waals surface area contributed by atoms with Crippen LogP contribution in [0.3, 0.4) is 0 Å². The van der Waals surface area contributed by atoms with Crippen LogP contribution in [0, 0.1) is 11.3 Å². The van der Waals surface area contributed by atoms with E-state index in [0.717, 1.165) is 5.56 Å². The van der Waals surface area contributed by atoms with E-state index < -0.39 is 5.97 Å². The molecule has 0 unspecified atom stereocenters. The molecule has 0 N–H and O–H groups in total. The Bertz CT molecular complexity index is 691. The van der Waals surface area contributed by atoms with Gasteiger partial charge in [0.1, 0.15) is 11.1 Å². The van der Waals surface area contributed by atoms with Gasteiger partial charge in [-0.2, -0.15) is 5.26 Å². The van der Waals surface area contributed by atoms with Crippen molar-refractivity contribution in [1.29, 1.82) is 5.26 Å². The van der Waals surface area contributed by atoms with Gasteiger partial charge in [-0.1, -0.05) is 0 Å². The molecule has 108 valence electrons. The van der Waals surface area contributed by atoms with Crippen LogP contribution in [-0.2, 0) is 4.74 Å². The number of carbonyl (C=O) groups is 1. The highest BCUT2D eigenvalue weighted by molar-refractivity contribution is 7.13. The molecule has 0 amide bonds. The molecule has 0 atom stereocenters. The van der Waals surface area contributed by atoms with Crippen molar-refractivity contribution in [3.63, 3.8) is 0 Å². The van der Waals surface area contributed by atoms with Gasteiger partial charge in [0.25, 0.3) is 0 Å². The molecule has 1 aromatic heterocycles. The second-order valence-corrected chi connectivity index (χ2v) is 4.70. The number of nitrogens with zero attached hydrogens (tertiary/aromatic N) is 2. The molecule has 7 heteroatoms. The maximum absolute atomic E-state index is 11.6. The van der Waals surface area contributed by atoms with Crippen molar-refractivity contribution in [2.75, 3.05) is 20.8 Å². The van der Waals surface area contributed by atoms with Crippen LogP contribution in [-0.4, -0.2) is 31.8 Å². The van der Waals surface area contributed by atoms with Gasteiger partial charge < -0.3 is 14.2 Å². The van der Waals surface area contributed by atoms with Crippen molar-refractivity contribution in [3.8, 4) is 28.1 Å². The number of aromatic nitrogens is 1. The first kappa shape index (κ1) is 14.8. The molecule has 6 nitrogen and oxygen atoms in total. The summed E-state index contributed by atoms with van der Waals surface area (Å²) in [4.78, 5) is 15.8. The molecule has 0 aliphatic rings. The van der Waals surface area contributed by atoms with E-state index in [1.165, 1.54) is 11.3 Å². The lowest BCUT2D eigenvalue weighted by molar-refractivity contribution is 0.0549. The summed E-state index contributed by atoms with van der Waals surface area (Å²) in [5, 5.41) is 10.6. The van der Waals surface area contributed by atoms with Crippen molar-refractivity contribution >= 4 is 17.3 Å². The largest absolute Gasteiger partial charge is 0.493 e. The average Bonchev–Trinajstić information content (AvgIpc) is 3.01. The van der Waals surface area contributed by atoms with Crippen LogP contribution in [0.4, 0.5) is 0 Å². The van der Waals surface area contributed by atoms with Crippen LogP contribution >= 0.6 is 11.3 Å². The molecular formula is C14H12N2O4S. The van der Waals surface area contributed by atoms with Gasteiger partial charge in [-0.3, -0.25) is 0 Å². The number of esters is 1.